The predicted octanol–water partition coefficient (Wildman–Crippen LogP) is 3.17. The van der Waals surface area contributed by atoms with Crippen LogP contribution >= 0.6 is 0 Å². The first-order chi connectivity index (χ1) is 13.7. The summed E-state index contributed by atoms with van der Waals surface area (Å²) < 4.78 is 28.0. The second-order valence-electron chi connectivity index (χ2n) is 7.83. The molecule has 0 bridgehead atoms. The predicted molar refractivity (Wildman–Crippen MR) is 114 cm³/mol. The van der Waals surface area contributed by atoms with E-state index in [1.807, 2.05) is 46.0 Å². The normalized spacial score (nSPS) is 15.4. The van der Waals surface area contributed by atoms with Crippen molar-refractivity contribution in [1.82, 2.24) is 14.1 Å². The molecule has 0 radical (unpaired) electrons. The van der Waals surface area contributed by atoms with Gasteiger partial charge in [0.25, 0.3) is 10.0 Å². The van der Waals surface area contributed by atoms with Gasteiger partial charge in [-0.25, -0.2) is 17.5 Å². The Morgan fingerprint density at radius 3 is 2.14 bits per heavy atom. The minimum absolute atomic E-state index is 0.0227. The van der Waals surface area contributed by atoms with Crippen molar-refractivity contribution in [2.45, 2.75) is 32.2 Å². The van der Waals surface area contributed by atoms with E-state index in [0.717, 1.165) is 39.6 Å². The van der Waals surface area contributed by atoms with Gasteiger partial charge >= 0.3 is 6.03 Å². The standard InChI is InChI=1S/C22H29N3O3S/c1-17-6-9-21(10-7-17)29(27,28)25(16-20-15-18(2)5-8-19(20)3)22(26)24-13-11-23(4)12-14-24/h5-10,15H,11-14,16H2,1-4H3. The largest absolute Gasteiger partial charge is 0.334 e. The van der Waals surface area contributed by atoms with Gasteiger partial charge in [-0.05, 0) is 51.1 Å². The van der Waals surface area contributed by atoms with Gasteiger partial charge in [-0.3, -0.25) is 0 Å². The Balaban J connectivity index is 1.99. The molecule has 0 aromatic heterocycles. The zero-order valence-corrected chi connectivity index (χ0v) is 18.4. The minimum Gasteiger partial charge on any atom is -0.321 e. The lowest BCUT2D eigenvalue weighted by atomic mass is 10.1. The van der Waals surface area contributed by atoms with Crippen molar-refractivity contribution in [1.29, 1.82) is 0 Å². The summed E-state index contributed by atoms with van der Waals surface area (Å²) in [7, 11) is -1.98. The van der Waals surface area contributed by atoms with E-state index < -0.39 is 16.1 Å². The highest BCUT2D eigenvalue weighted by molar-refractivity contribution is 7.89. The Labute approximate surface area is 173 Å². The van der Waals surface area contributed by atoms with E-state index >= 15 is 0 Å². The summed E-state index contributed by atoms with van der Waals surface area (Å²) >= 11 is 0. The van der Waals surface area contributed by atoms with Crippen LogP contribution in [0.5, 0.6) is 0 Å². The first-order valence-corrected chi connectivity index (χ1v) is 11.3. The molecule has 29 heavy (non-hydrogen) atoms. The van der Waals surface area contributed by atoms with E-state index in [2.05, 4.69) is 4.90 Å². The Bertz CT molecular complexity index is 979. The summed E-state index contributed by atoms with van der Waals surface area (Å²) in [5.41, 5.74) is 3.80. The number of aryl methyl sites for hydroxylation is 3. The highest BCUT2D eigenvalue weighted by Crippen LogP contribution is 2.23. The number of sulfonamides is 1. The molecule has 0 unspecified atom stereocenters. The molecule has 0 saturated carbocycles. The van der Waals surface area contributed by atoms with Gasteiger partial charge in [0.15, 0.2) is 0 Å². The van der Waals surface area contributed by atoms with Crippen molar-refractivity contribution in [2.75, 3.05) is 33.2 Å². The van der Waals surface area contributed by atoms with Crippen LogP contribution < -0.4 is 0 Å². The van der Waals surface area contributed by atoms with E-state index in [4.69, 9.17) is 0 Å². The average Bonchev–Trinajstić information content (AvgIpc) is 2.69. The Kier molecular flexibility index (Phi) is 6.29. The molecular weight excluding hydrogens is 386 g/mol. The van der Waals surface area contributed by atoms with Crippen molar-refractivity contribution in [3.63, 3.8) is 0 Å². The molecule has 6 nitrogen and oxygen atoms in total. The quantitative estimate of drug-likeness (QED) is 0.770. The fraction of sp³-hybridized carbons (Fsp3) is 0.409. The third kappa shape index (κ3) is 4.79. The van der Waals surface area contributed by atoms with Crippen molar-refractivity contribution in [2.24, 2.45) is 0 Å². The van der Waals surface area contributed by atoms with E-state index in [1.54, 1.807) is 29.2 Å². The fourth-order valence-electron chi connectivity index (χ4n) is 3.37. The minimum atomic E-state index is -3.98. The highest BCUT2D eigenvalue weighted by Gasteiger charge is 2.34. The number of benzene rings is 2. The lowest BCUT2D eigenvalue weighted by molar-refractivity contribution is 0.139. The molecule has 2 aromatic rings. The van der Waals surface area contributed by atoms with Crippen LogP contribution in [-0.4, -0.2) is 61.8 Å². The van der Waals surface area contributed by atoms with Gasteiger partial charge < -0.3 is 9.80 Å². The zero-order chi connectivity index (χ0) is 21.2. The third-order valence-electron chi connectivity index (χ3n) is 5.41. The van der Waals surface area contributed by atoms with E-state index in [1.165, 1.54) is 0 Å². The number of carbonyl (C=O) groups excluding carboxylic acids is 1. The van der Waals surface area contributed by atoms with E-state index in [0.29, 0.717) is 13.1 Å². The molecule has 1 aliphatic rings. The summed E-state index contributed by atoms with van der Waals surface area (Å²) in [6.07, 6.45) is 0. The molecule has 1 fully saturated rings. The number of piperazine rings is 1. The molecule has 1 heterocycles. The zero-order valence-electron chi connectivity index (χ0n) is 17.6. The van der Waals surface area contributed by atoms with Crippen LogP contribution in [0.4, 0.5) is 4.79 Å². The van der Waals surface area contributed by atoms with E-state index in [-0.39, 0.29) is 11.4 Å². The van der Waals surface area contributed by atoms with Gasteiger partial charge in [-0.2, -0.15) is 0 Å². The molecule has 1 saturated heterocycles. The number of rotatable bonds is 4. The number of carbonyl (C=O) groups is 1. The molecule has 1 aliphatic heterocycles. The maximum absolute atomic E-state index is 13.5. The van der Waals surface area contributed by atoms with Crippen LogP contribution in [0.1, 0.15) is 22.3 Å². The lowest BCUT2D eigenvalue weighted by Crippen LogP contribution is -2.53. The average molecular weight is 416 g/mol. The van der Waals surface area contributed by atoms with Gasteiger partial charge in [0.2, 0.25) is 0 Å². The highest BCUT2D eigenvalue weighted by atomic mass is 32.2. The molecule has 3 rings (SSSR count). The maximum Gasteiger partial charge on any atom is 0.334 e. The Morgan fingerprint density at radius 1 is 0.931 bits per heavy atom. The monoisotopic (exact) mass is 415 g/mol. The molecule has 2 aromatic carbocycles. The van der Waals surface area contributed by atoms with Gasteiger partial charge in [0.05, 0.1) is 11.4 Å². The first kappa shape index (κ1) is 21.3. The molecule has 0 N–H and O–H groups in total. The number of hydrogen-bond donors (Lipinski definition) is 0. The van der Waals surface area contributed by atoms with Crippen molar-refractivity contribution in [3.05, 3.63) is 64.7 Å². The second kappa shape index (κ2) is 8.55. The number of likely N-dealkylation sites (N-methyl/N-ethyl adjacent to an activating group) is 1. The van der Waals surface area contributed by atoms with Gasteiger partial charge in [-0.15, -0.1) is 0 Å². The summed E-state index contributed by atoms with van der Waals surface area (Å²) in [4.78, 5) is 17.2. The summed E-state index contributed by atoms with van der Waals surface area (Å²) in [6, 6.07) is 12.1. The van der Waals surface area contributed by atoms with Crippen LogP contribution in [-0.2, 0) is 16.6 Å². The summed E-state index contributed by atoms with van der Waals surface area (Å²) in [6.45, 7) is 8.32. The van der Waals surface area contributed by atoms with Crippen molar-refractivity contribution < 1.29 is 13.2 Å². The molecule has 0 atom stereocenters. The van der Waals surface area contributed by atoms with E-state index in [9.17, 15) is 13.2 Å². The number of hydrogen-bond acceptors (Lipinski definition) is 4. The molecular formula is C22H29N3O3S. The fourth-order valence-corrected chi connectivity index (χ4v) is 4.74. The first-order valence-electron chi connectivity index (χ1n) is 9.81. The van der Waals surface area contributed by atoms with Crippen molar-refractivity contribution >= 4 is 16.1 Å². The van der Waals surface area contributed by atoms with Crippen LogP contribution in [0.2, 0.25) is 0 Å². The Morgan fingerprint density at radius 2 is 1.52 bits per heavy atom. The Hall–Kier alpha value is -2.38. The number of nitrogens with zero attached hydrogens (tertiary/aromatic N) is 3. The number of amides is 2. The van der Waals surface area contributed by atoms with Crippen molar-refractivity contribution in [3.8, 4) is 0 Å². The molecule has 7 heteroatoms. The third-order valence-corrected chi connectivity index (χ3v) is 7.15. The van der Waals surface area contributed by atoms with Gasteiger partial charge in [-0.1, -0.05) is 41.5 Å². The van der Waals surface area contributed by atoms with Crippen LogP contribution in [0.3, 0.4) is 0 Å². The smallest absolute Gasteiger partial charge is 0.321 e. The van der Waals surface area contributed by atoms with Gasteiger partial charge in [0, 0.05) is 26.2 Å². The number of urea groups is 1. The topological polar surface area (TPSA) is 60.9 Å². The maximum atomic E-state index is 13.5. The lowest BCUT2D eigenvalue weighted by Gasteiger charge is -2.36. The van der Waals surface area contributed by atoms with Crippen LogP contribution in [0, 0.1) is 20.8 Å². The summed E-state index contributed by atoms with van der Waals surface area (Å²) in [5, 5.41) is 0. The molecule has 0 aliphatic carbocycles. The SMILES string of the molecule is Cc1ccc(S(=O)(=O)N(Cc2cc(C)ccc2C)C(=O)N2CCN(C)CC2)cc1. The van der Waals surface area contributed by atoms with Crippen LogP contribution in [0.25, 0.3) is 0 Å². The summed E-state index contributed by atoms with van der Waals surface area (Å²) in [5.74, 6) is 0. The van der Waals surface area contributed by atoms with Crippen LogP contribution in [0.15, 0.2) is 47.4 Å². The molecule has 156 valence electrons. The second-order valence-corrected chi connectivity index (χ2v) is 9.69. The molecule has 0 spiro atoms. The van der Waals surface area contributed by atoms with Gasteiger partial charge in [0.1, 0.15) is 0 Å². The molecule has 2 amide bonds.